The maximum Gasteiger partial charge on any atom is 0.326 e. The third-order valence-electron chi connectivity index (χ3n) is 3.94. The Morgan fingerprint density at radius 1 is 0.964 bits per heavy atom. The molecule has 0 heterocycles. The van der Waals surface area contributed by atoms with Gasteiger partial charge in [0.1, 0.15) is 6.04 Å². The van der Waals surface area contributed by atoms with Gasteiger partial charge in [0.05, 0.1) is 0 Å². The summed E-state index contributed by atoms with van der Waals surface area (Å²) in [6, 6.07) is 13.9. The molecular formula is C21H20N2O5. The molecule has 0 fully saturated rings. The number of benzene rings is 2. The molecule has 0 aliphatic carbocycles. The Morgan fingerprint density at radius 3 is 2.18 bits per heavy atom. The van der Waals surface area contributed by atoms with E-state index in [0.717, 1.165) is 0 Å². The first-order valence-electron chi connectivity index (χ1n) is 8.56. The van der Waals surface area contributed by atoms with Crippen LogP contribution in [-0.4, -0.2) is 34.7 Å². The number of aliphatic carboxylic acids is 1. The Hall–Kier alpha value is -3.74. The van der Waals surface area contributed by atoms with Gasteiger partial charge in [-0.1, -0.05) is 48.5 Å². The van der Waals surface area contributed by atoms with E-state index in [-0.39, 0.29) is 24.2 Å². The van der Waals surface area contributed by atoms with Crippen molar-refractivity contribution in [3.05, 3.63) is 77.4 Å². The topological polar surface area (TPSA) is 127 Å². The number of nitrogens with two attached hydrogens (primary N) is 1. The van der Waals surface area contributed by atoms with Crippen molar-refractivity contribution in [2.45, 2.75) is 18.9 Å². The fourth-order valence-electron chi connectivity index (χ4n) is 2.40. The van der Waals surface area contributed by atoms with Gasteiger partial charge in [0.15, 0.2) is 5.78 Å². The molecule has 0 aromatic heterocycles. The quantitative estimate of drug-likeness (QED) is 0.453. The second-order valence-corrected chi connectivity index (χ2v) is 6.05. The molecule has 0 aliphatic heterocycles. The highest BCUT2D eigenvalue weighted by molar-refractivity contribution is 6.06. The van der Waals surface area contributed by atoms with Crippen molar-refractivity contribution in [2.75, 3.05) is 0 Å². The molecule has 0 radical (unpaired) electrons. The first kappa shape index (κ1) is 20.6. The Morgan fingerprint density at radius 2 is 1.61 bits per heavy atom. The lowest BCUT2D eigenvalue weighted by Gasteiger charge is -2.13. The molecule has 2 amide bonds. The van der Waals surface area contributed by atoms with E-state index in [1.165, 1.54) is 18.2 Å². The van der Waals surface area contributed by atoms with Crippen LogP contribution < -0.4 is 11.1 Å². The molecule has 0 spiro atoms. The minimum atomic E-state index is -1.24. The summed E-state index contributed by atoms with van der Waals surface area (Å²) < 4.78 is 0. The van der Waals surface area contributed by atoms with Gasteiger partial charge in [-0.25, -0.2) is 4.79 Å². The maximum atomic E-state index is 12.2. The van der Waals surface area contributed by atoms with Crippen molar-refractivity contribution >= 4 is 29.6 Å². The lowest BCUT2D eigenvalue weighted by atomic mass is 10.1. The Kier molecular flexibility index (Phi) is 7.21. The molecule has 0 saturated heterocycles. The number of carbonyl (C=O) groups excluding carboxylic acids is 3. The highest BCUT2D eigenvalue weighted by Crippen LogP contribution is 2.09. The summed E-state index contributed by atoms with van der Waals surface area (Å²) in [4.78, 5) is 46.2. The number of allylic oxidation sites excluding steroid dienone is 1. The van der Waals surface area contributed by atoms with Crippen molar-refractivity contribution < 1.29 is 24.3 Å². The van der Waals surface area contributed by atoms with Crippen LogP contribution in [0.5, 0.6) is 0 Å². The smallest absolute Gasteiger partial charge is 0.326 e. The predicted octanol–water partition coefficient (Wildman–Crippen LogP) is 2.03. The lowest BCUT2D eigenvalue weighted by molar-refractivity contribution is -0.139. The molecule has 7 nitrogen and oxygen atoms in total. The zero-order chi connectivity index (χ0) is 20.5. The molecule has 4 N–H and O–H groups in total. The van der Waals surface area contributed by atoms with E-state index in [1.54, 1.807) is 42.5 Å². The summed E-state index contributed by atoms with van der Waals surface area (Å²) >= 11 is 0. The standard InChI is InChI=1S/C21H20N2O5/c22-19(25)13-11-17(21(27)28)23-20(26)16-9-6-14(7-10-16)8-12-18(24)15-4-2-1-3-5-15/h1-10,12,17H,11,13H2,(H2,22,25)(H,23,26)(H,27,28)/b12-8+. The van der Waals surface area contributed by atoms with Crippen LogP contribution in [0.15, 0.2) is 60.7 Å². The zero-order valence-electron chi connectivity index (χ0n) is 15.0. The fourth-order valence-corrected chi connectivity index (χ4v) is 2.40. The van der Waals surface area contributed by atoms with Crippen LogP contribution in [0.3, 0.4) is 0 Å². The van der Waals surface area contributed by atoms with E-state index in [9.17, 15) is 19.2 Å². The summed E-state index contributed by atoms with van der Waals surface area (Å²) in [5.41, 5.74) is 6.56. The molecule has 1 unspecified atom stereocenters. The monoisotopic (exact) mass is 380 g/mol. The molecule has 7 heteroatoms. The van der Waals surface area contributed by atoms with Crippen LogP contribution in [0.1, 0.15) is 39.1 Å². The number of hydrogen-bond acceptors (Lipinski definition) is 4. The zero-order valence-corrected chi connectivity index (χ0v) is 15.0. The first-order valence-corrected chi connectivity index (χ1v) is 8.56. The summed E-state index contributed by atoms with van der Waals surface area (Å²) in [5, 5.41) is 11.5. The predicted molar refractivity (Wildman–Crippen MR) is 104 cm³/mol. The number of nitrogens with one attached hydrogen (secondary N) is 1. The maximum absolute atomic E-state index is 12.2. The van der Waals surface area contributed by atoms with E-state index in [1.807, 2.05) is 6.07 Å². The first-order chi connectivity index (χ1) is 13.4. The number of primary amides is 1. The second-order valence-electron chi connectivity index (χ2n) is 6.05. The lowest BCUT2D eigenvalue weighted by Crippen LogP contribution is -2.41. The average molecular weight is 380 g/mol. The normalized spacial score (nSPS) is 11.7. The van der Waals surface area contributed by atoms with E-state index in [0.29, 0.717) is 11.1 Å². The van der Waals surface area contributed by atoms with Gasteiger partial charge in [-0.3, -0.25) is 14.4 Å². The number of amides is 2. The number of carboxylic acid groups (broad SMARTS) is 1. The summed E-state index contributed by atoms with van der Waals surface area (Å²) in [5.74, 6) is -2.59. The van der Waals surface area contributed by atoms with E-state index in [2.05, 4.69) is 5.32 Å². The molecule has 2 rings (SSSR count). The molecule has 0 aliphatic rings. The van der Waals surface area contributed by atoms with E-state index < -0.39 is 23.8 Å². The molecule has 28 heavy (non-hydrogen) atoms. The number of carboxylic acids is 1. The third-order valence-corrected chi connectivity index (χ3v) is 3.94. The second kappa shape index (κ2) is 9.82. The minimum Gasteiger partial charge on any atom is -0.480 e. The van der Waals surface area contributed by atoms with Crippen molar-refractivity contribution in [2.24, 2.45) is 5.73 Å². The van der Waals surface area contributed by atoms with Crippen LogP contribution in [0.4, 0.5) is 0 Å². The summed E-state index contributed by atoms with van der Waals surface area (Å²) in [6.45, 7) is 0. The van der Waals surface area contributed by atoms with Crippen molar-refractivity contribution in [1.82, 2.24) is 5.32 Å². The molecule has 2 aromatic carbocycles. The van der Waals surface area contributed by atoms with Crippen LogP contribution in [-0.2, 0) is 9.59 Å². The van der Waals surface area contributed by atoms with Gasteiger partial charge in [0.2, 0.25) is 5.91 Å². The van der Waals surface area contributed by atoms with Crippen molar-refractivity contribution in [1.29, 1.82) is 0 Å². The minimum absolute atomic E-state index is 0.0845. The van der Waals surface area contributed by atoms with Gasteiger partial charge in [0, 0.05) is 17.5 Å². The molecule has 0 bridgehead atoms. The Bertz CT molecular complexity index is 889. The Labute approximate surface area is 161 Å². The van der Waals surface area contributed by atoms with Crippen molar-refractivity contribution in [3.63, 3.8) is 0 Å². The van der Waals surface area contributed by atoms with Gasteiger partial charge in [-0.15, -0.1) is 0 Å². The van der Waals surface area contributed by atoms with Crippen LogP contribution in [0.25, 0.3) is 6.08 Å². The van der Waals surface area contributed by atoms with Gasteiger partial charge in [-0.2, -0.15) is 0 Å². The van der Waals surface area contributed by atoms with Crippen LogP contribution in [0.2, 0.25) is 0 Å². The number of rotatable bonds is 9. The van der Waals surface area contributed by atoms with Gasteiger partial charge in [-0.05, 0) is 30.2 Å². The van der Waals surface area contributed by atoms with Gasteiger partial charge in [0.25, 0.3) is 5.91 Å². The van der Waals surface area contributed by atoms with Gasteiger partial charge < -0.3 is 16.2 Å². The molecule has 2 aromatic rings. The summed E-state index contributed by atoms with van der Waals surface area (Å²) in [7, 11) is 0. The van der Waals surface area contributed by atoms with Gasteiger partial charge >= 0.3 is 5.97 Å². The molecule has 0 saturated carbocycles. The van der Waals surface area contributed by atoms with Crippen LogP contribution in [0, 0.1) is 0 Å². The molecular weight excluding hydrogens is 360 g/mol. The highest BCUT2D eigenvalue weighted by Gasteiger charge is 2.21. The summed E-state index contributed by atoms with van der Waals surface area (Å²) in [6.07, 6.45) is 2.84. The SMILES string of the molecule is NC(=O)CCC(NC(=O)c1ccc(/C=C/C(=O)c2ccccc2)cc1)C(=O)O. The Balaban J connectivity index is 1.99. The fraction of sp³-hybridized carbons (Fsp3) is 0.143. The van der Waals surface area contributed by atoms with E-state index in [4.69, 9.17) is 10.8 Å². The van der Waals surface area contributed by atoms with Crippen molar-refractivity contribution in [3.8, 4) is 0 Å². The molecule has 144 valence electrons. The van der Waals surface area contributed by atoms with Crippen LogP contribution >= 0.6 is 0 Å². The number of carbonyl (C=O) groups is 4. The van der Waals surface area contributed by atoms with E-state index >= 15 is 0 Å². The number of hydrogen-bond donors (Lipinski definition) is 3. The average Bonchev–Trinajstić information content (AvgIpc) is 2.69. The number of ketones is 1. The highest BCUT2D eigenvalue weighted by atomic mass is 16.4. The largest absolute Gasteiger partial charge is 0.480 e. The third kappa shape index (κ3) is 6.21. The molecule has 1 atom stereocenters.